The number of ether oxygens (including phenoxy) is 2. The summed E-state index contributed by atoms with van der Waals surface area (Å²) in [4.78, 5) is 45.7. The minimum absolute atomic E-state index is 0.0643. The molecule has 2 bridgehead atoms. The molecule has 4 aliphatic rings. The second-order valence-corrected chi connectivity index (χ2v) is 14.1. The lowest BCUT2D eigenvalue weighted by Gasteiger charge is -2.43. The summed E-state index contributed by atoms with van der Waals surface area (Å²) in [5.74, 6) is 1.20. The number of amides is 2. The molecule has 3 heterocycles. The molecule has 1 aromatic heterocycles. The molecule has 7 atom stereocenters. The van der Waals surface area contributed by atoms with Crippen molar-refractivity contribution in [2.75, 3.05) is 18.6 Å². The van der Waals surface area contributed by atoms with Gasteiger partial charge in [0.05, 0.1) is 36.3 Å². The molecule has 0 spiro atoms. The van der Waals surface area contributed by atoms with E-state index in [2.05, 4.69) is 24.9 Å². The Morgan fingerprint density at radius 1 is 1.00 bits per heavy atom. The van der Waals surface area contributed by atoms with Crippen molar-refractivity contribution in [3.63, 3.8) is 0 Å². The van der Waals surface area contributed by atoms with Crippen molar-refractivity contribution in [3.8, 4) is 11.5 Å². The van der Waals surface area contributed by atoms with Crippen LogP contribution in [0.25, 0.3) is 0 Å². The number of hydrogen-bond acceptors (Lipinski definition) is 7. The number of benzene rings is 2. The number of imide groups is 1. The van der Waals surface area contributed by atoms with Crippen LogP contribution in [0.5, 0.6) is 11.5 Å². The van der Waals surface area contributed by atoms with Crippen LogP contribution in [0.1, 0.15) is 42.2 Å². The Bertz CT molecular complexity index is 1560. The van der Waals surface area contributed by atoms with Gasteiger partial charge in [0.2, 0.25) is 11.8 Å². The molecule has 0 radical (unpaired) electrons. The maximum atomic E-state index is 13.9. The molecular formula is C31H32N2O5S2. The lowest BCUT2D eigenvalue weighted by atomic mass is 9.68. The van der Waals surface area contributed by atoms with E-state index in [4.69, 9.17) is 9.47 Å². The van der Waals surface area contributed by atoms with Gasteiger partial charge >= 0.3 is 4.87 Å². The Kier molecular flexibility index (Phi) is 6.16. The average molecular weight is 577 g/mol. The lowest BCUT2D eigenvalue weighted by molar-refractivity contribution is -0.123. The predicted octanol–water partition coefficient (Wildman–Crippen LogP) is 5.47. The van der Waals surface area contributed by atoms with E-state index in [1.165, 1.54) is 16.2 Å². The van der Waals surface area contributed by atoms with E-state index < -0.39 is 0 Å². The normalized spacial score (nSPS) is 30.0. The fourth-order valence-corrected chi connectivity index (χ4v) is 10.5. The van der Waals surface area contributed by atoms with E-state index in [9.17, 15) is 14.4 Å². The highest BCUT2D eigenvalue weighted by atomic mass is 32.2. The van der Waals surface area contributed by atoms with Crippen molar-refractivity contribution in [1.29, 1.82) is 0 Å². The topological polar surface area (TPSA) is 88.7 Å². The molecule has 2 aromatic carbocycles. The van der Waals surface area contributed by atoms with Gasteiger partial charge < -0.3 is 14.5 Å². The molecule has 208 valence electrons. The summed E-state index contributed by atoms with van der Waals surface area (Å²) in [7, 11) is 1.64. The summed E-state index contributed by atoms with van der Waals surface area (Å²) in [6.45, 7) is 6.79. The van der Waals surface area contributed by atoms with Gasteiger partial charge in [0, 0.05) is 16.0 Å². The number of hydrogen-bond donors (Lipinski definition) is 1. The first-order valence-electron chi connectivity index (χ1n) is 13.9. The number of fused-ring (bicyclic) bond motifs is 9. The minimum Gasteiger partial charge on any atom is -0.493 e. The third-order valence-electron chi connectivity index (χ3n) is 9.14. The summed E-state index contributed by atoms with van der Waals surface area (Å²) < 4.78 is 11.8. The maximum Gasteiger partial charge on any atom is 0.305 e. The zero-order valence-corrected chi connectivity index (χ0v) is 24.5. The van der Waals surface area contributed by atoms with Crippen LogP contribution in [0.3, 0.4) is 0 Å². The van der Waals surface area contributed by atoms with Crippen LogP contribution in [0, 0.1) is 42.4 Å². The molecule has 0 unspecified atom stereocenters. The highest BCUT2D eigenvalue weighted by molar-refractivity contribution is 8.00. The fourth-order valence-electron chi connectivity index (χ4n) is 7.59. The largest absolute Gasteiger partial charge is 0.493 e. The van der Waals surface area contributed by atoms with E-state index >= 15 is 0 Å². The fraction of sp³-hybridized carbons (Fsp3) is 0.452. The highest BCUT2D eigenvalue weighted by Crippen LogP contribution is 2.68. The SMILES string of the molecule is COc1cc([C@@H]2c3sc(=O)[nH]c3S[C@@H]3[C@@H]4C[C@@H]([C@@H]5C(=O)N(c6ccc(C)cc6)C(=O)[C@@H]45)[C@@H]23)ccc1OCC(C)C. The van der Waals surface area contributed by atoms with Gasteiger partial charge in [-0.3, -0.25) is 19.3 Å². The van der Waals surface area contributed by atoms with E-state index in [-0.39, 0.29) is 57.4 Å². The van der Waals surface area contributed by atoms with E-state index in [0.717, 1.165) is 27.5 Å². The Hall–Kier alpha value is -3.04. The Balaban J connectivity index is 1.28. The average Bonchev–Trinajstić information content (AvgIpc) is 3.67. The Morgan fingerprint density at radius 3 is 2.42 bits per heavy atom. The molecule has 7 nitrogen and oxygen atoms in total. The van der Waals surface area contributed by atoms with Crippen LogP contribution in [0.2, 0.25) is 0 Å². The maximum absolute atomic E-state index is 13.9. The molecule has 40 heavy (non-hydrogen) atoms. The first-order chi connectivity index (χ1) is 19.3. The van der Waals surface area contributed by atoms with Crippen LogP contribution in [0.4, 0.5) is 5.69 Å². The van der Waals surface area contributed by atoms with E-state index in [0.29, 0.717) is 29.7 Å². The Labute approximate surface area is 241 Å². The van der Waals surface area contributed by atoms with Gasteiger partial charge in [0.15, 0.2) is 11.5 Å². The van der Waals surface area contributed by atoms with Crippen molar-refractivity contribution in [1.82, 2.24) is 4.98 Å². The van der Waals surface area contributed by atoms with Crippen molar-refractivity contribution >= 4 is 40.6 Å². The molecule has 2 aliphatic heterocycles. The summed E-state index contributed by atoms with van der Waals surface area (Å²) in [5.41, 5.74) is 2.80. The number of nitrogens with one attached hydrogen (secondary N) is 1. The van der Waals surface area contributed by atoms with Gasteiger partial charge in [0.25, 0.3) is 0 Å². The number of aromatic nitrogens is 1. The number of anilines is 1. The predicted molar refractivity (Wildman–Crippen MR) is 155 cm³/mol. The number of thiazole rings is 1. The van der Waals surface area contributed by atoms with Crippen LogP contribution in [0.15, 0.2) is 52.3 Å². The lowest BCUT2D eigenvalue weighted by Crippen LogP contribution is -2.42. The number of aromatic amines is 1. The van der Waals surface area contributed by atoms with Crippen molar-refractivity contribution < 1.29 is 19.1 Å². The van der Waals surface area contributed by atoms with Crippen LogP contribution in [-0.4, -0.2) is 35.8 Å². The number of thioether (sulfide) groups is 1. The monoisotopic (exact) mass is 576 g/mol. The third kappa shape index (κ3) is 3.80. The highest BCUT2D eigenvalue weighted by Gasteiger charge is 2.69. The molecule has 3 fully saturated rings. The molecule has 9 heteroatoms. The summed E-state index contributed by atoms with van der Waals surface area (Å²) in [5, 5.41) is 1.04. The number of nitrogens with zero attached hydrogens (tertiary/aromatic N) is 1. The van der Waals surface area contributed by atoms with Crippen molar-refractivity contribution in [3.05, 3.63) is 68.1 Å². The number of methoxy groups -OCH3 is 1. The molecule has 2 aliphatic carbocycles. The van der Waals surface area contributed by atoms with Crippen LogP contribution < -0.4 is 19.2 Å². The third-order valence-corrected chi connectivity index (χ3v) is 11.7. The van der Waals surface area contributed by atoms with Gasteiger partial charge in [-0.05, 0) is 66.8 Å². The zero-order chi connectivity index (χ0) is 27.9. The molecule has 1 N–H and O–H groups in total. The summed E-state index contributed by atoms with van der Waals surface area (Å²) in [6, 6.07) is 13.7. The van der Waals surface area contributed by atoms with Crippen LogP contribution >= 0.6 is 23.1 Å². The molecule has 2 saturated carbocycles. The van der Waals surface area contributed by atoms with E-state index in [1.807, 2.05) is 43.3 Å². The molecular weight excluding hydrogens is 544 g/mol. The quantitative estimate of drug-likeness (QED) is 0.392. The van der Waals surface area contributed by atoms with Crippen molar-refractivity contribution in [2.24, 2.45) is 35.5 Å². The van der Waals surface area contributed by atoms with Gasteiger partial charge in [0.1, 0.15) is 0 Å². The van der Waals surface area contributed by atoms with Crippen LogP contribution in [-0.2, 0) is 9.59 Å². The second-order valence-electron chi connectivity index (χ2n) is 11.9. The van der Waals surface area contributed by atoms with Crippen molar-refractivity contribution in [2.45, 2.75) is 43.4 Å². The summed E-state index contributed by atoms with van der Waals surface area (Å²) >= 11 is 2.96. The molecule has 2 amide bonds. The molecule has 7 rings (SSSR count). The number of carbonyl (C=O) groups is 2. The first kappa shape index (κ1) is 25.9. The number of rotatable bonds is 6. The van der Waals surface area contributed by atoms with Gasteiger partial charge in [-0.15, -0.1) is 11.8 Å². The second kappa shape index (κ2) is 9.52. The summed E-state index contributed by atoms with van der Waals surface area (Å²) in [6.07, 6.45) is 0.860. The zero-order valence-electron chi connectivity index (χ0n) is 22.9. The smallest absolute Gasteiger partial charge is 0.305 e. The first-order valence-corrected chi connectivity index (χ1v) is 15.6. The number of H-pyrrole nitrogens is 1. The van der Waals surface area contributed by atoms with Gasteiger partial charge in [-0.25, -0.2) is 0 Å². The molecule has 3 aromatic rings. The Morgan fingerprint density at radius 2 is 1.73 bits per heavy atom. The minimum atomic E-state index is -0.323. The number of carbonyl (C=O) groups excluding carboxylic acids is 2. The molecule has 1 saturated heterocycles. The standard InChI is InChI=1S/C31H32N2O5S2/c1-14(2)13-38-20-10-7-16(11-21(20)37-4)22-23-18-12-19(26(23)39-28-27(22)40-31(36)32-28)25-24(18)29(34)33(30(25)35)17-8-5-15(3)6-9-17/h5-11,14,18-19,22-26H,12-13H2,1-4H3,(H,32,36)/t18-,19-,22+,23+,24+,25+,26-/m1/s1. The van der Waals surface area contributed by atoms with E-state index in [1.54, 1.807) is 18.9 Å². The van der Waals surface area contributed by atoms with Gasteiger partial charge in [-0.2, -0.15) is 0 Å². The van der Waals surface area contributed by atoms with Gasteiger partial charge in [-0.1, -0.05) is 48.9 Å². The number of aryl methyl sites for hydroxylation is 1.